The Hall–Kier alpha value is -6.43. The molecule has 12 heteroatoms. The predicted molar refractivity (Wildman–Crippen MR) is 237 cm³/mol. The van der Waals surface area contributed by atoms with Crippen LogP contribution in [-0.2, 0) is 0 Å². The van der Waals surface area contributed by atoms with E-state index in [2.05, 4.69) is 79.1 Å². The second-order valence-corrected chi connectivity index (χ2v) is 15.4. The van der Waals surface area contributed by atoms with Gasteiger partial charge in [0, 0.05) is 27.1 Å². The van der Waals surface area contributed by atoms with Gasteiger partial charge in [-0.1, -0.05) is 126 Å². The largest absolute Gasteiger partial charge is 0.489 e. The van der Waals surface area contributed by atoms with Gasteiger partial charge in [0.25, 0.3) is 0 Å². The molecule has 12 nitrogen and oxygen atoms in total. The van der Waals surface area contributed by atoms with E-state index in [1.165, 1.54) is 0 Å². The summed E-state index contributed by atoms with van der Waals surface area (Å²) in [7, 11) is 0. The summed E-state index contributed by atoms with van der Waals surface area (Å²) >= 11 is 0. The molecule has 1 aliphatic carbocycles. The van der Waals surface area contributed by atoms with Gasteiger partial charge >= 0.3 is 0 Å². The number of nitrogens with one attached hydrogen (secondary N) is 3. The minimum absolute atomic E-state index is 0.202. The van der Waals surface area contributed by atoms with Gasteiger partial charge < -0.3 is 33.9 Å². The molecule has 6 aromatic rings. The van der Waals surface area contributed by atoms with Crippen LogP contribution in [0.1, 0.15) is 79.1 Å². The number of unbranched alkanes of at least 4 members (excludes halogenated alkanes) is 4. The van der Waals surface area contributed by atoms with Crippen molar-refractivity contribution in [2.45, 2.75) is 79.1 Å². The fourth-order valence-corrected chi connectivity index (χ4v) is 7.82. The normalized spacial score (nSPS) is 16.0. The highest BCUT2D eigenvalue weighted by Crippen LogP contribution is 2.50. The number of H-pyrrole nitrogens is 3. The first-order valence-corrected chi connectivity index (χ1v) is 21.6. The number of hydrogen-bond donors (Lipinski definition) is 3. The zero-order valence-electron chi connectivity index (χ0n) is 34.9. The predicted octanol–water partition coefficient (Wildman–Crippen LogP) is 9.37. The van der Waals surface area contributed by atoms with E-state index in [-0.39, 0.29) is 5.92 Å². The van der Waals surface area contributed by atoms with Crippen molar-refractivity contribution in [3.8, 4) is 23.0 Å². The van der Waals surface area contributed by atoms with Crippen LogP contribution in [0.25, 0.3) is 32.3 Å². The quantitative estimate of drug-likeness (QED) is 0.0837. The van der Waals surface area contributed by atoms with Crippen LogP contribution in [0, 0.1) is 5.92 Å². The van der Waals surface area contributed by atoms with Crippen molar-refractivity contribution in [2.75, 3.05) is 26.4 Å². The first kappa shape index (κ1) is 39.1. The van der Waals surface area contributed by atoms with Crippen molar-refractivity contribution >= 4 is 49.8 Å². The summed E-state index contributed by atoms with van der Waals surface area (Å²) in [5, 5.41) is 5.11. The van der Waals surface area contributed by atoms with Gasteiger partial charge in [-0.3, -0.25) is 0 Å². The van der Waals surface area contributed by atoms with E-state index >= 15 is 0 Å². The maximum atomic E-state index is 6.84. The molecule has 0 spiro atoms. The summed E-state index contributed by atoms with van der Waals surface area (Å²) in [5.41, 5.74) is 3.35. The first-order chi connectivity index (χ1) is 29.6. The number of fused-ring (bicyclic) bond motifs is 18. The average Bonchev–Trinajstić information content (AvgIpc) is 4.01. The minimum Gasteiger partial charge on any atom is -0.489 e. The number of benzene rings is 3. The molecule has 3 N–H and O–H groups in total. The number of aromatic amines is 3. The van der Waals surface area contributed by atoms with E-state index < -0.39 is 0 Å². The third-order valence-electron chi connectivity index (χ3n) is 11.0. The number of amidine groups is 1. The van der Waals surface area contributed by atoms with Crippen molar-refractivity contribution in [2.24, 2.45) is 30.9 Å². The molecule has 1 atom stereocenters. The number of nitrogens with zero attached hydrogens (tertiary/aromatic N) is 5. The lowest BCUT2D eigenvalue weighted by atomic mass is 9.95. The molecular weight excluding hydrogens is 753 g/mol. The molecule has 3 aromatic carbocycles. The third kappa shape index (κ3) is 7.28. The van der Waals surface area contributed by atoms with Gasteiger partial charge in [0.2, 0.25) is 11.5 Å². The smallest absolute Gasteiger partial charge is 0.208 e. The molecule has 5 heterocycles. The van der Waals surface area contributed by atoms with E-state index in [1.807, 2.05) is 36.4 Å². The molecule has 60 heavy (non-hydrogen) atoms. The Morgan fingerprint density at radius 1 is 0.483 bits per heavy atom. The van der Waals surface area contributed by atoms with Crippen molar-refractivity contribution < 1.29 is 18.9 Å². The second kappa shape index (κ2) is 17.4. The van der Waals surface area contributed by atoms with E-state index in [0.717, 1.165) is 78.5 Å². The van der Waals surface area contributed by atoms with E-state index in [1.54, 1.807) is 0 Å². The number of ether oxygens (including phenoxy) is 4. The SMILES string of the molecule is CCCCOc1c(OCCCC)c(OCCCC)c2c3[nH]c(c2c1OCCCC)=NC1=C2C=CC=CC2C(=N1)N=c1[nH]/c(c2ccccc12)=N\c1[nH]c(c2ccccc12)N=3. The maximum Gasteiger partial charge on any atom is 0.208 e. The highest BCUT2D eigenvalue weighted by Gasteiger charge is 2.31. The van der Waals surface area contributed by atoms with Crippen molar-refractivity contribution in [3.05, 3.63) is 106 Å². The topological polar surface area (TPSA) is 146 Å². The lowest BCUT2D eigenvalue weighted by molar-refractivity contribution is 0.225. The van der Waals surface area contributed by atoms with Crippen LogP contribution in [0.3, 0.4) is 0 Å². The Labute approximate surface area is 348 Å². The molecule has 8 bridgehead atoms. The van der Waals surface area contributed by atoms with E-state index in [4.69, 9.17) is 43.9 Å². The monoisotopic (exact) mass is 804 g/mol. The van der Waals surface area contributed by atoms with Crippen LogP contribution in [-0.4, -0.2) is 47.2 Å². The Bertz CT molecular complexity index is 2960. The van der Waals surface area contributed by atoms with E-state index in [0.29, 0.717) is 105 Å². The van der Waals surface area contributed by atoms with Crippen molar-refractivity contribution in [1.82, 2.24) is 15.0 Å². The molecule has 1 unspecified atom stereocenters. The molecule has 0 saturated carbocycles. The third-order valence-corrected chi connectivity index (χ3v) is 11.0. The zero-order valence-corrected chi connectivity index (χ0v) is 34.9. The number of hydrogen-bond acceptors (Lipinski definition) is 9. The van der Waals surface area contributed by atoms with Gasteiger partial charge in [0.1, 0.15) is 39.4 Å². The van der Waals surface area contributed by atoms with Crippen LogP contribution >= 0.6 is 0 Å². The van der Waals surface area contributed by atoms with Crippen molar-refractivity contribution in [3.63, 3.8) is 0 Å². The number of aromatic nitrogens is 3. The molecule has 9 rings (SSSR count). The Morgan fingerprint density at radius 3 is 1.50 bits per heavy atom. The van der Waals surface area contributed by atoms with Crippen LogP contribution < -0.4 is 40.9 Å². The molecule has 0 saturated heterocycles. The summed E-state index contributed by atoms with van der Waals surface area (Å²) in [5.74, 6) is 4.39. The summed E-state index contributed by atoms with van der Waals surface area (Å²) < 4.78 is 27.1. The lowest BCUT2D eigenvalue weighted by Crippen LogP contribution is -2.17. The van der Waals surface area contributed by atoms with Crippen LogP contribution in [0.5, 0.6) is 23.0 Å². The molecule has 2 aliphatic heterocycles. The fraction of sp³-hybridized carbons (Fsp3) is 0.354. The lowest BCUT2D eigenvalue weighted by Gasteiger charge is -2.21. The number of aliphatic imine (C=N–C) groups is 1. The van der Waals surface area contributed by atoms with Crippen LogP contribution in [0.15, 0.2) is 109 Å². The number of rotatable bonds is 16. The van der Waals surface area contributed by atoms with Gasteiger partial charge in [0.05, 0.1) is 43.1 Å². The van der Waals surface area contributed by atoms with Gasteiger partial charge in [0.15, 0.2) is 17.3 Å². The van der Waals surface area contributed by atoms with Gasteiger partial charge in [-0.15, -0.1) is 0 Å². The highest BCUT2D eigenvalue weighted by molar-refractivity contribution is 6.01. The molecule has 0 fully saturated rings. The number of allylic oxidation sites excluding steroid dienone is 3. The van der Waals surface area contributed by atoms with Crippen LogP contribution in [0.2, 0.25) is 0 Å². The minimum atomic E-state index is -0.202. The molecular formula is C48H52N8O4. The zero-order chi connectivity index (χ0) is 41.0. The highest BCUT2D eigenvalue weighted by atomic mass is 16.6. The molecule has 0 radical (unpaired) electrons. The summed E-state index contributed by atoms with van der Waals surface area (Å²) in [6, 6.07) is 16.3. The van der Waals surface area contributed by atoms with Crippen LogP contribution in [0.4, 0.5) is 11.6 Å². The van der Waals surface area contributed by atoms with Gasteiger partial charge in [-0.2, -0.15) is 0 Å². The average molecular weight is 805 g/mol. The molecule has 3 aromatic heterocycles. The first-order valence-electron chi connectivity index (χ1n) is 21.6. The Balaban J connectivity index is 1.44. The van der Waals surface area contributed by atoms with E-state index in [9.17, 15) is 0 Å². The molecule has 308 valence electrons. The molecule has 3 aliphatic rings. The Kier molecular flexibility index (Phi) is 11.3. The molecule has 0 amide bonds. The van der Waals surface area contributed by atoms with Gasteiger partial charge in [-0.25, -0.2) is 25.0 Å². The fourth-order valence-electron chi connectivity index (χ4n) is 7.82. The second-order valence-electron chi connectivity index (χ2n) is 15.4. The summed E-state index contributed by atoms with van der Waals surface area (Å²) in [6.45, 7) is 10.5. The summed E-state index contributed by atoms with van der Waals surface area (Å²) in [6.07, 6.45) is 15.5. The maximum absolute atomic E-state index is 6.84. The summed E-state index contributed by atoms with van der Waals surface area (Å²) in [4.78, 5) is 37.2. The standard InChI is InChI=1S/C48H52N8O4/c1-5-9-25-57-37-35-36(38(58-26-10-6-2)40(60-28-12-8-4)39(37)59-27-11-7-3)48-55-46-34-24-18-16-22-32(34)44(53-46)51-42-30-20-14-13-19-29(30)41(49-42)50-43-31-21-15-17-23-33(31)45(52-43)54-47(35)56-48/h13-24,31,53H,5-12,25-28H2,1-4H3,(H,54,55,56)(H,49,50,51,52). The Morgan fingerprint density at radius 2 is 0.950 bits per heavy atom. The van der Waals surface area contributed by atoms with Crippen molar-refractivity contribution in [1.29, 1.82) is 0 Å². The van der Waals surface area contributed by atoms with Gasteiger partial charge in [-0.05, 0) is 25.7 Å².